The smallest absolute Gasteiger partial charge is 0.344 e. The van der Waals surface area contributed by atoms with Crippen molar-refractivity contribution in [2.45, 2.75) is 26.5 Å². The van der Waals surface area contributed by atoms with E-state index < -0.39 is 12.1 Å². The number of pyridine rings is 1. The van der Waals surface area contributed by atoms with Gasteiger partial charge in [-0.1, -0.05) is 17.7 Å². The summed E-state index contributed by atoms with van der Waals surface area (Å²) in [5, 5.41) is 10.2. The first-order valence-electron chi connectivity index (χ1n) is 11.1. The lowest BCUT2D eigenvalue weighted by molar-refractivity contribution is -0.144. The summed E-state index contributed by atoms with van der Waals surface area (Å²) >= 11 is 6.24. The number of methoxy groups -OCH3 is 2. The minimum absolute atomic E-state index is 0.138. The van der Waals surface area contributed by atoms with Gasteiger partial charge in [0.1, 0.15) is 17.1 Å². The van der Waals surface area contributed by atoms with Crippen LogP contribution in [0.2, 0.25) is 5.02 Å². The van der Waals surface area contributed by atoms with Gasteiger partial charge < -0.3 is 23.9 Å². The van der Waals surface area contributed by atoms with Crippen LogP contribution in [0.25, 0.3) is 11.0 Å². The van der Waals surface area contributed by atoms with Crippen molar-refractivity contribution in [3.8, 4) is 17.4 Å². The Morgan fingerprint density at radius 3 is 2.42 bits per heavy atom. The number of fused-ring (bicyclic) bond motifs is 1. The molecule has 0 spiro atoms. The minimum atomic E-state index is -1.10. The number of ketones is 1. The molecule has 0 amide bonds. The third kappa shape index (κ3) is 4.85. The summed E-state index contributed by atoms with van der Waals surface area (Å²) in [5.41, 5.74) is 3.16. The van der Waals surface area contributed by atoms with Gasteiger partial charge >= 0.3 is 5.97 Å². The fourth-order valence-electron chi connectivity index (χ4n) is 3.96. The van der Waals surface area contributed by atoms with Crippen LogP contribution in [0.15, 0.2) is 54.6 Å². The standard InChI is InChI=1S/C27H25ClN2O6/c1-15-24(25(31)18-6-8-19(34-3)9-7-18)20-10-12-23(35-4)29-26(20)30(15)14-17-5-11-21(28)22(13-17)36-16(2)27(32)33/h5-13,16H,14H2,1-4H3,(H,32,33)/t16-/m1/s1. The van der Waals surface area contributed by atoms with E-state index in [0.29, 0.717) is 45.4 Å². The van der Waals surface area contributed by atoms with Crippen LogP contribution in [-0.4, -0.2) is 46.7 Å². The molecule has 0 aliphatic carbocycles. The molecule has 0 fully saturated rings. The zero-order chi connectivity index (χ0) is 26.0. The number of carbonyl (C=O) groups excluding carboxylic acids is 1. The van der Waals surface area contributed by atoms with Crippen molar-refractivity contribution in [2.75, 3.05) is 14.2 Å². The molecule has 0 saturated carbocycles. The molecule has 0 unspecified atom stereocenters. The molecule has 4 aromatic rings. The summed E-state index contributed by atoms with van der Waals surface area (Å²) in [6.07, 6.45) is -1.06. The molecule has 2 heterocycles. The van der Waals surface area contributed by atoms with Gasteiger partial charge in [-0.25, -0.2) is 4.79 Å². The molecule has 9 heteroatoms. The number of aliphatic carboxylic acids is 1. The van der Waals surface area contributed by atoms with Crippen molar-refractivity contribution >= 4 is 34.4 Å². The Morgan fingerprint density at radius 1 is 1.06 bits per heavy atom. The molecule has 0 radical (unpaired) electrons. The fraction of sp³-hybridized carbons (Fsp3) is 0.222. The van der Waals surface area contributed by atoms with Gasteiger partial charge in [0.05, 0.1) is 24.8 Å². The molecule has 36 heavy (non-hydrogen) atoms. The molecule has 0 saturated heterocycles. The first-order valence-corrected chi connectivity index (χ1v) is 11.5. The number of rotatable bonds is 9. The number of carbonyl (C=O) groups is 2. The lowest BCUT2D eigenvalue weighted by atomic mass is 10.0. The molecule has 186 valence electrons. The van der Waals surface area contributed by atoms with Crippen LogP contribution >= 0.6 is 11.6 Å². The van der Waals surface area contributed by atoms with Crippen LogP contribution in [0.1, 0.15) is 34.1 Å². The average Bonchev–Trinajstić information content (AvgIpc) is 3.15. The van der Waals surface area contributed by atoms with Crippen LogP contribution in [0, 0.1) is 6.92 Å². The fourth-order valence-corrected chi connectivity index (χ4v) is 4.12. The first-order chi connectivity index (χ1) is 17.2. The number of aromatic nitrogens is 2. The highest BCUT2D eigenvalue weighted by atomic mass is 35.5. The number of ether oxygens (including phenoxy) is 3. The van der Waals surface area contributed by atoms with Crippen molar-refractivity contribution in [3.63, 3.8) is 0 Å². The van der Waals surface area contributed by atoms with Gasteiger partial charge in [0.25, 0.3) is 0 Å². The number of nitrogens with zero attached hydrogens (tertiary/aromatic N) is 2. The summed E-state index contributed by atoms with van der Waals surface area (Å²) in [7, 11) is 3.10. The van der Waals surface area contributed by atoms with Gasteiger partial charge in [-0.3, -0.25) is 4.79 Å². The number of hydrogen-bond donors (Lipinski definition) is 1. The average molecular weight is 509 g/mol. The van der Waals surface area contributed by atoms with Gasteiger partial charge in [0.2, 0.25) is 5.88 Å². The summed E-state index contributed by atoms with van der Waals surface area (Å²) in [6.45, 7) is 3.64. The van der Waals surface area contributed by atoms with E-state index in [1.54, 1.807) is 49.6 Å². The van der Waals surface area contributed by atoms with E-state index in [1.807, 2.05) is 23.6 Å². The van der Waals surface area contributed by atoms with Crippen LogP contribution in [0.3, 0.4) is 0 Å². The van der Waals surface area contributed by atoms with E-state index >= 15 is 0 Å². The van der Waals surface area contributed by atoms with Crippen LogP contribution in [0.5, 0.6) is 17.4 Å². The number of halogens is 1. The van der Waals surface area contributed by atoms with Crippen LogP contribution in [0.4, 0.5) is 0 Å². The molecule has 0 aliphatic rings. The Labute approximate surface area is 213 Å². The Hall–Kier alpha value is -4.04. The Balaban J connectivity index is 1.79. The summed E-state index contributed by atoms with van der Waals surface area (Å²) in [4.78, 5) is 29.4. The predicted molar refractivity (Wildman–Crippen MR) is 136 cm³/mol. The molecular formula is C27H25ClN2O6. The highest BCUT2D eigenvalue weighted by molar-refractivity contribution is 6.32. The highest BCUT2D eigenvalue weighted by Gasteiger charge is 2.23. The van der Waals surface area contributed by atoms with Gasteiger partial charge in [-0.2, -0.15) is 4.98 Å². The van der Waals surface area contributed by atoms with Crippen molar-refractivity contribution in [2.24, 2.45) is 0 Å². The van der Waals surface area contributed by atoms with Gasteiger partial charge in [0, 0.05) is 29.3 Å². The molecule has 0 bridgehead atoms. The van der Waals surface area contributed by atoms with Gasteiger partial charge in [-0.15, -0.1) is 0 Å². The highest BCUT2D eigenvalue weighted by Crippen LogP contribution is 2.32. The molecule has 1 atom stereocenters. The molecule has 1 N–H and O–H groups in total. The SMILES string of the molecule is COc1ccc(C(=O)c2c(C)n(Cc3ccc(Cl)c(O[C@H](C)C(=O)O)c3)c3nc(OC)ccc23)cc1. The number of carboxylic acid groups (broad SMARTS) is 1. The second-order valence-corrected chi connectivity index (χ2v) is 8.60. The quantitative estimate of drug-likeness (QED) is 0.312. The minimum Gasteiger partial charge on any atom is -0.497 e. The van der Waals surface area contributed by atoms with E-state index in [4.69, 9.17) is 25.8 Å². The molecule has 8 nitrogen and oxygen atoms in total. The third-order valence-electron chi connectivity index (χ3n) is 5.92. The summed E-state index contributed by atoms with van der Waals surface area (Å²) < 4.78 is 18.0. The number of benzene rings is 2. The Morgan fingerprint density at radius 2 is 1.78 bits per heavy atom. The second kappa shape index (κ2) is 10.3. The van der Waals surface area contributed by atoms with E-state index in [1.165, 1.54) is 14.0 Å². The summed E-state index contributed by atoms with van der Waals surface area (Å²) in [6, 6.07) is 15.7. The molecule has 4 rings (SSSR count). The molecule has 0 aliphatic heterocycles. The number of hydrogen-bond acceptors (Lipinski definition) is 6. The maximum atomic E-state index is 13.6. The lowest BCUT2D eigenvalue weighted by Gasteiger charge is -2.14. The van der Waals surface area contributed by atoms with E-state index in [-0.39, 0.29) is 11.5 Å². The van der Waals surface area contributed by atoms with Gasteiger partial charge in [-0.05, 0) is 61.9 Å². The molecule has 2 aromatic heterocycles. The van der Waals surface area contributed by atoms with Crippen molar-refractivity contribution < 1.29 is 28.9 Å². The maximum absolute atomic E-state index is 13.6. The topological polar surface area (TPSA) is 99.9 Å². The largest absolute Gasteiger partial charge is 0.497 e. The predicted octanol–water partition coefficient (Wildman–Crippen LogP) is 5.15. The monoisotopic (exact) mass is 508 g/mol. The van der Waals surface area contributed by atoms with E-state index in [0.717, 1.165) is 11.3 Å². The van der Waals surface area contributed by atoms with Crippen molar-refractivity contribution in [1.82, 2.24) is 9.55 Å². The zero-order valence-electron chi connectivity index (χ0n) is 20.2. The first kappa shape index (κ1) is 25.1. The molecular weight excluding hydrogens is 484 g/mol. The maximum Gasteiger partial charge on any atom is 0.344 e. The molecule has 2 aromatic carbocycles. The lowest BCUT2D eigenvalue weighted by Crippen LogP contribution is -2.23. The third-order valence-corrected chi connectivity index (χ3v) is 6.23. The summed E-state index contributed by atoms with van der Waals surface area (Å²) in [5.74, 6) is 0.108. The van der Waals surface area contributed by atoms with Crippen LogP contribution < -0.4 is 14.2 Å². The Bertz CT molecular complexity index is 1450. The second-order valence-electron chi connectivity index (χ2n) is 8.19. The van der Waals surface area contributed by atoms with E-state index in [9.17, 15) is 14.7 Å². The van der Waals surface area contributed by atoms with Crippen molar-refractivity contribution in [1.29, 1.82) is 0 Å². The van der Waals surface area contributed by atoms with Crippen LogP contribution in [-0.2, 0) is 11.3 Å². The van der Waals surface area contributed by atoms with Crippen molar-refractivity contribution in [3.05, 3.63) is 82.0 Å². The zero-order valence-corrected chi connectivity index (χ0v) is 21.0. The Kier molecular flexibility index (Phi) is 7.17. The normalized spacial score (nSPS) is 11.8. The number of carboxylic acids is 1. The van der Waals surface area contributed by atoms with E-state index in [2.05, 4.69) is 4.98 Å². The van der Waals surface area contributed by atoms with Gasteiger partial charge in [0.15, 0.2) is 11.9 Å².